The number of alkyl halides is 1. The van der Waals surface area contributed by atoms with Gasteiger partial charge < -0.3 is 10.6 Å². The fourth-order valence-electron chi connectivity index (χ4n) is 2.29. The molecule has 0 amide bonds. The van der Waals surface area contributed by atoms with Gasteiger partial charge in [-0.2, -0.15) is 0 Å². The number of halogens is 1. The van der Waals surface area contributed by atoms with E-state index in [2.05, 4.69) is 22.9 Å². The lowest BCUT2D eigenvalue weighted by atomic mass is 10.0. The van der Waals surface area contributed by atoms with Gasteiger partial charge in [0.05, 0.1) is 0 Å². The van der Waals surface area contributed by atoms with Crippen molar-refractivity contribution in [3.63, 3.8) is 0 Å². The highest BCUT2D eigenvalue weighted by atomic mass is 79.9. The Labute approximate surface area is 133 Å². The standard InChI is InChI=1S/C16H31BrO2.H2O/c1-2-3-4-5-6-7-8-9-10-11-12-13-14-15(17)16(18)19;/h15H,2-14H2,1H3,(H,18,19);1H2. The predicted octanol–water partition coefficient (Wildman–Crippen LogP) is 5.10. The second-order valence-electron chi connectivity index (χ2n) is 5.48. The van der Waals surface area contributed by atoms with E-state index in [-0.39, 0.29) is 10.3 Å². The molecular formula is C16H33BrO3. The third kappa shape index (κ3) is 16.0. The molecule has 3 nitrogen and oxygen atoms in total. The normalized spacial score (nSPS) is 11.9. The number of carboxylic acid groups (broad SMARTS) is 1. The van der Waals surface area contributed by atoms with Gasteiger partial charge in [0.1, 0.15) is 4.83 Å². The summed E-state index contributed by atoms with van der Waals surface area (Å²) >= 11 is 3.17. The number of hydrogen-bond donors (Lipinski definition) is 1. The van der Waals surface area contributed by atoms with Crippen LogP contribution in [0.1, 0.15) is 90.4 Å². The fraction of sp³-hybridized carbons (Fsp3) is 0.938. The van der Waals surface area contributed by atoms with Crippen LogP contribution in [0.15, 0.2) is 0 Å². The van der Waals surface area contributed by atoms with Crippen molar-refractivity contribution in [2.24, 2.45) is 0 Å². The molecule has 20 heavy (non-hydrogen) atoms. The van der Waals surface area contributed by atoms with Gasteiger partial charge in [0.25, 0.3) is 0 Å². The molecule has 0 aromatic rings. The molecule has 1 unspecified atom stereocenters. The van der Waals surface area contributed by atoms with Crippen LogP contribution in [0.2, 0.25) is 0 Å². The molecule has 0 spiro atoms. The highest BCUT2D eigenvalue weighted by molar-refractivity contribution is 9.10. The van der Waals surface area contributed by atoms with Gasteiger partial charge in [0, 0.05) is 0 Å². The van der Waals surface area contributed by atoms with E-state index in [1.807, 2.05) is 0 Å². The van der Waals surface area contributed by atoms with Crippen molar-refractivity contribution >= 4 is 21.9 Å². The molecule has 0 fully saturated rings. The van der Waals surface area contributed by atoms with Crippen LogP contribution >= 0.6 is 15.9 Å². The first-order valence-electron chi connectivity index (χ1n) is 8.05. The lowest BCUT2D eigenvalue weighted by molar-refractivity contribution is -0.136. The van der Waals surface area contributed by atoms with Gasteiger partial charge in [-0.15, -0.1) is 0 Å². The smallest absolute Gasteiger partial charge is 0.317 e. The summed E-state index contributed by atoms with van der Waals surface area (Å²) in [5.41, 5.74) is 0. The van der Waals surface area contributed by atoms with Gasteiger partial charge in [-0.3, -0.25) is 4.79 Å². The Balaban J connectivity index is 0. The summed E-state index contributed by atoms with van der Waals surface area (Å²) < 4.78 is 0. The van der Waals surface area contributed by atoms with E-state index in [0.717, 1.165) is 12.8 Å². The number of hydrogen-bond acceptors (Lipinski definition) is 1. The van der Waals surface area contributed by atoms with Crippen molar-refractivity contribution in [2.45, 2.75) is 95.2 Å². The van der Waals surface area contributed by atoms with Crippen LogP contribution in [0.4, 0.5) is 0 Å². The topological polar surface area (TPSA) is 68.8 Å². The Morgan fingerprint density at radius 3 is 1.55 bits per heavy atom. The van der Waals surface area contributed by atoms with Gasteiger partial charge in [-0.1, -0.05) is 99.9 Å². The van der Waals surface area contributed by atoms with Crippen LogP contribution in [-0.4, -0.2) is 21.4 Å². The van der Waals surface area contributed by atoms with Gasteiger partial charge in [-0.25, -0.2) is 0 Å². The largest absolute Gasteiger partial charge is 0.480 e. The zero-order chi connectivity index (χ0) is 14.3. The molecule has 0 bridgehead atoms. The van der Waals surface area contributed by atoms with E-state index in [4.69, 9.17) is 5.11 Å². The highest BCUT2D eigenvalue weighted by Gasteiger charge is 2.11. The summed E-state index contributed by atoms with van der Waals surface area (Å²) in [6, 6.07) is 0. The fourth-order valence-corrected chi connectivity index (χ4v) is 2.61. The molecule has 0 saturated heterocycles. The maximum Gasteiger partial charge on any atom is 0.317 e. The van der Waals surface area contributed by atoms with E-state index < -0.39 is 5.97 Å². The maximum absolute atomic E-state index is 10.6. The Morgan fingerprint density at radius 1 is 0.850 bits per heavy atom. The van der Waals surface area contributed by atoms with Crippen molar-refractivity contribution in [1.29, 1.82) is 0 Å². The van der Waals surface area contributed by atoms with Crippen LogP contribution in [-0.2, 0) is 4.79 Å². The SMILES string of the molecule is CCCCCCCCCCCCCCC(Br)C(=O)O.O. The monoisotopic (exact) mass is 352 g/mol. The molecule has 0 aliphatic heterocycles. The molecule has 0 saturated carbocycles. The van der Waals surface area contributed by atoms with Crippen molar-refractivity contribution in [2.75, 3.05) is 0 Å². The molecule has 0 heterocycles. The third-order valence-electron chi connectivity index (χ3n) is 3.58. The summed E-state index contributed by atoms with van der Waals surface area (Å²) in [5, 5.41) is 8.71. The lowest BCUT2D eigenvalue weighted by Crippen LogP contribution is -2.11. The molecule has 0 radical (unpaired) electrons. The zero-order valence-electron chi connectivity index (χ0n) is 13.0. The summed E-state index contributed by atoms with van der Waals surface area (Å²) in [6.45, 7) is 2.26. The molecule has 0 aliphatic rings. The average Bonchev–Trinajstić information content (AvgIpc) is 2.39. The van der Waals surface area contributed by atoms with Crippen molar-refractivity contribution in [3.8, 4) is 0 Å². The summed E-state index contributed by atoms with van der Waals surface area (Å²) in [6.07, 6.45) is 16.6. The quantitative estimate of drug-likeness (QED) is 0.349. The molecule has 0 aromatic carbocycles. The van der Waals surface area contributed by atoms with E-state index in [1.54, 1.807) is 0 Å². The number of rotatable bonds is 14. The Morgan fingerprint density at radius 2 is 1.20 bits per heavy atom. The molecule has 4 heteroatoms. The second kappa shape index (κ2) is 17.0. The number of carboxylic acids is 1. The first-order chi connectivity index (χ1) is 9.18. The van der Waals surface area contributed by atoms with Crippen molar-refractivity contribution in [1.82, 2.24) is 0 Å². The first-order valence-corrected chi connectivity index (χ1v) is 8.97. The lowest BCUT2D eigenvalue weighted by Gasteiger charge is -2.04. The Hall–Kier alpha value is -0.0900. The third-order valence-corrected chi connectivity index (χ3v) is 4.43. The van der Waals surface area contributed by atoms with Crippen molar-refractivity contribution in [3.05, 3.63) is 0 Å². The van der Waals surface area contributed by atoms with Gasteiger partial charge in [0.2, 0.25) is 0 Å². The van der Waals surface area contributed by atoms with E-state index in [9.17, 15) is 4.79 Å². The predicted molar refractivity (Wildman–Crippen MR) is 89.7 cm³/mol. The molecular weight excluding hydrogens is 320 g/mol. The van der Waals surface area contributed by atoms with E-state index in [1.165, 1.54) is 70.6 Å². The number of aliphatic carboxylic acids is 1. The minimum absolute atomic E-state index is 0. The molecule has 0 rings (SSSR count). The molecule has 1 atom stereocenters. The van der Waals surface area contributed by atoms with E-state index in [0.29, 0.717) is 0 Å². The number of unbranched alkanes of at least 4 members (excludes halogenated alkanes) is 11. The summed E-state index contributed by atoms with van der Waals surface area (Å²) in [4.78, 5) is 10.2. The van der Waals surface area contributed by atoms with Crippen LogP contribution in [0.5, 0.6) is 0 Å². The molecule has 0 aromatic heterocycles. The minimum Gasteiger partial charge on any atom is -0.480 e. The van der Waals surface area contributed by atoms with Crippen LogP contribution in [0, 0.1) is 0 Å². The summed E-state index contributed by atoms with van der Waals surface area (Å²) in [7, 11) is 0. The van der Waals surface area contributed by atoms with Gasteiger partial charge in [0.15, 0.2) is 0 Å². The maximum atomic E-state index is 10.6. The van der Waals surface area contributed by atoms with Crippen LogP contribution in [0.25, 0.3) is 0 Å². The molecule has 0 aliphatic carbocycles. The van der Waals surface area contributed by atoms with E-state index >= 15 is 0 Å². The average molecular weight is 353 g/mol. The number of carbonyl (C=O) groups is 1. The zero-order valence-corrected chi connectivity index (χ0v) is 14.6. The molecule has 122 valence electrons. The second-order valence-corrected chi connectivity index (χ2v) is 6.59. The minimum atomic E-state index is -0.733. The highest BCUT2D eigenvalue weighted by Crippen LogP contribution is 2.15. The Kier molecular flexibility index (Phi) is 18.8. The van der Waals surface area contributed by atoms with Gasteiger partial charge >= 0.3 is 5.97 Å². The van der Waals surface area contributed by atoms with Crippen molar-refractivity contribution < 1.29 is 15.4 Å². The van der Waals surface area contributed by atoms with Gasteiger partial charge in [-0.05, 0) is 6.42 Å². The Bertz CT molecular complexity index is 210. The van der Waals surface area contributed by atoms with Crippen LogP contribution < -0.4 is 0 Å². The van der Waals surface area contributed by atoms with Crippen LogP contribution in [0.3, 0.4) is 0 Å². The summed E-state index contributed by atoms with van der Waals surface area (Å²) in [5.74, 6) is -0.733. The first kappa shape index (κ1) is 22.2. The molecule has 3 N–H and O–H groups in total.